The van der Waals surface area contributed by atoms with Crippen molar-refractivity contribution in [2.24, 2.45) is 0 Å². The Hall–Kier alpha value is -1.10. The number of carbonyl (C=O) groups excluding carboxylic acids is 1. The normalized spacial score (nSPS) is 22.7. The van der Waals surface area contributed by atoms with Gasteiger partial charge in [0.1, 0.15) is 0 Å². The van der Waals surface area contributed by atoms with Crippen LogP contribution in [0.1, 0.15) is 50.3 Å². The lowest BCUT2D eigenvalue weighted by Gasteiger charge is -2.18. The number of β-amino-alcohol motifs (C(OH)–C–C–N with tert-alkyl or cyclic N) is 1. The van der Waals surface area contributed by atoms with Crippen molar-refractivity contribution in [2.75, 3.05) is 6.54 Å². The molecule has 1 aromatic rings. The molecule has 1 aliphatic heterocycles. The molecular formula is C16H25ClN2O2. The summed E-state index contributed by atoms with van der Waals surface area (Å²) < 4.78 is 0. The van der Waals surface area contributed by atoms with Crippen LogP contribution in [0.4, 0.5) is 0 Å². The van der Waals surface area contributed by atoms with Gasteiger partial charge in [0.05, 0.1) is 18.2 Å². The summed E-state index contributed by atoms with van der Waals surface area (Å²) in [6.45, 7) is 6.80. The molecule has 1 heterocycles. The Bertz CT molecular complexity index is 462. The third kappa shape index (κ3) is 4.70. The van der Waals surface area contributed by atoms with Gasteiger partial charge in [0.15, 0.2) is 0 Å². The van der Waals surface area contributed by atoms with Gasteiger partial charge in [-0.1, -0.05) is 38.1 Å². The molecule has 1 fully saturated rings. The van der Waals surface area contributed by atoms with Crippen LogP contribution in [0.2, 0.25) is 0 Å². The minimum absolute atomic E-state index is 0. The first-order valence-electron chi connectivity index (χ1n) is 7.29. The maximum absolute atomic E-state index is 12.1. The number of rotatable bonds is 4. The van der Waals surface area contributed by atoms with Crippen molar-refractivity contribution < 1.29 is 9.90 Å². The van der Waals surface area contributed by atoms with Gasteiger partial charge >= 0.3 is 0 Å². The number of aliphatic hydroxyl groups is 1. The first kappa shape index (κ1) is 18.0. The van der Waals surface area contributed by atoms with E-state index in [2.05, 4.69) is 48.7 Å². The third-order valence-corrected chi connectivity index (χ3v) is 3.89. The number of hydrogen-bond acceptors (Lipinski definition) is 3. The fraction of sp³-hybridized carbons (Fsp3) is 0.562. The van der Waals surface area contributed by atoms with Gasteiger partial charge in [0.2, 0.25) is 5.91 Å². The summed E-state index contributed by atoms with van der Waals surface area (Å²) in [5.74, 6) is 0.472. The molecule has 0 saturated carbocycles. The fourth-order valence-electron chi connectivity index (χ4n) is 2.48. The van der Waals surface area contributed by atoms with Crippen LogP contribution in [0, 0.1) is 0 Å². The molecule has 3 unspecified atom stereocenters. The summed E-state index contributed by atoms with van der Waals surface area (Å²) in [4.78, 5) is 12.1. The van der Waals surface area contributed by atoms with Gasteiger partial charge in [-0.25, -0.2) is 0 Å². The van der Waals surface area contributed by atoms with Crippen LogP contribution in [0.5, 0.6) is 0 Å². The van der Waals surface area contributed by atoms with E-state index in [4.69, 9.17) is 0 Å². The molecule has 5 heteroatoms. The maximum atomic E-state index is 12.1. The highest BCUT2D eigenvalue weighted by Crippen LogP contribution is 2.19. The standard InChI is InChI=1S/C16H24N2O2.ClH/c1-10(2)12-4-6-13(7-5-12)11(3)18-16(20)15-8-14(19)9-17-15;/h4-7,10-11,14-15,17,19H,8-9H2,1-3H3,(H,18,20);1H. The van der Waals surface area contributed by atoms with E-state index in [-0.39, 0.29) is 30.4 Å². The average Bonchev–Trinajstić information content (AvgIpc) is 2.85. The van der Waals surface area contributed by atoms with Crippen molar-refractivity contribution in [1.29, 1.82) is 0 Å². The lowest BCUT2D eigenvalue weighted by Crippen LogP contribution is -2.41. The number of nitrogens with one attached hydrogen (secondary N) is 2. The van der Waals surface area contributed by atoms with Gasteiger partial charge in [-0.15, -0.1) is 12.4 Å². The molecule has 3 atom stereocenters. The zero-order valence-corrected chi connectivity index (χ0v) is 13.6. The van der Waals surface area contributed by atoms with Crippen LogP contribution in [0.25, 0.3) is 0 Å². The predicted molar refractivity (Wildman–Crippen MR) is 86.8 cm³/mol. The predicted octanol–water partition coefficient (Wildman–Crippen LogP) is 2.13. The average molecular weight is 313 g/mol. The topological polar surface area (TPSA) is 61.4 Å². The highest BCUT2D eigenvalue weighted by molar-refractivity contribution is 5.85. The number of aliphatic hydroxyl groups excluding tert-OH is 1. The monoisotopic (exact) mass is 312 g/mol. The second-order valence-electron chi connectivity index (χ2n) is 5.90. The van der Waals surface area contributed by atoms with Crippen LogP contribution in [0.3, 0.4) is 0 Å². The van der Waals surface area contributed by atoms with E-state index < -0.39 is 6.10 Å². The number of amides is 1. The Morgan fingerprint density at radius 1 is 1.24 bits per heavy atom. The molecule has 1 amide bonds. The van der Waals surface area contributed by atoms with E-state index in [1.54, 1.807) is 0 Å². The van der Waals surface area contributed by atoms with Crippen LogP contribution in [-0.2, 0) is 4.79 Å². The Morgan fingerprint density at radius 3 is 2.29 bits per heavy atom. The van der Waals surface area contributed by atoms with Crippen LogP contribution < -0.4 is 10.6 Å². The summed E-state index contributed by atoms with van der Waals surface area (Å²) in [6, 6.07) is 8.06. The number of hydrogen-bond donors (Lipinski definition) is 3. The number of halogens is 1. The van der Waals surface area contributed by atoms with Gasteiger partial charge in [-0.3, -0.25) is 4.79 Å². The summed E-state index contributed by atoms with van der Waals surface area (Å²) in [6.07, 6.45) is 0.0802. The van der Waals surface area contributed by atoms with Gasteiger partial charge in [-0.05, 0) is 30.4 Å². The second-order valence-corrected chi connectivity index (χ2v) is 5.90. The van der Waals surface area contributed by atoms with Crippen molar-refractivity contribution in [3.63, 3.8) is 0 Å². The van der Waals surface area contributed by atoms with Crippen LogP contribution in [0.15, 0.2) is 24.3 Å². The van der Waals surface area contributed by atoms with Crippen molar-refractivity contribution in [3.8, 4) is 0 Å². The maximum Gasteiger partial charge on any atom is 0.237 e. The molecule has 0 bridgehead atoms. The molecule has 0 aromatic heterocycles. The van der Waals surface area contributed by atoms with Gasteiger partial charge < -0.3 is 15.7 Å². The molecule has 4 nitrogen and oxygen atoms in total. The summed E-state index contributed by atoms with van der Waals surface area (Å²) in [5, 5.41) is 15.5. The molecule has 0 aliphatic carbocycles. The molecule has 0 radical (unpaired) electrons. The molecule has 3 N–H and O–H groups in total. The summed E-state index contributed by atoms with van der Waals surface area (Å²) in [5.41, 5.74) is 2.40. The van der Waals surface area contributed by atoms with Gasteiger partial charge in [0.25, 0.3) is 0 Å². The Balaban J connectivity index is 0.00000220. The lowest BCUT2D eigenvalue weighted by molar-refractivity contribution is -0.123. The molecule has 0 spiro atoms. The molecule has 118 valence electrons. The molecular weight excluding hydrogens is 288 g/mol. The van der Waals surface area contributed by atoms with E-state index in [0.29, 0.717) is 18.9 Å². The number of benzene rings is 1. The van der Waals surface area contributed by atoms with Crippen molar-refractivity contribution >= 4 is 18.3 Å². The lowest BCUT2D eigenvalue weighted by atomic mass is 9.99. The Labute approximate surface area is 132 Å². The fourth-order valence-corrected chi connectivity index (χ4v) is 2.48. The zero-order chi connectivity index (χ0) is 14.7. The Kier molecular flexibility index (Phi) is 6.65. The van der Waals surface area contributed by atoms with Gasteiger partial charge in [-0.2, -0.15) is 0 Å². The SMILES string of the molecule is CC(C)c1ccc(C(C)NC(=O)C2CC(O)CN2)cc1.Cl. The highest BCUT2D eigenvalue weighted by atomic mass is 35.5. The first-order valence-corrected chi connectivity index (χ1v) is 7.29. The van der Waals surface area contributed by atoms with Crippen LogP contribution in [-0.4, -0.2) is 29.7 Å². The largest absolute Gasteiger partial charge is 0.392 e. The van der Waals surface area contributed by atoms with E-state index in [9.17, 15) is 9.90 Å². The van der Waals surface area contributed by atoms with E-state index >= 15 is 0 Å². The second kappa shape index (κ2) is 7.78. The van der Waals surface area contributed by atoms with Gasteiger partial charge in [0, 0.05) is 6.54 Å². The number of carbonyl (C=O) groups is 1. The van der Waals surface area contributed by atoms with E-state index in [1.165, 1.54) is 5.56 Å². The van der Waals surface area contributed by atoms with E-state index in [1.807, 2.05) is 6.92 Å². The molecule has 1 saturated heterocycles. The van der Waals surface area contributed by atoms with Crippen LogP contribution >= 0.6 is 12.4 Å². The quantitative estimate of drug-likeness (QED) is 0.798. The van der Waals surface area contributed by atoms with Crippen molar-refractivity contribution in [2.45, 2.75) is 51.3 Å². The third-order valence-electron chi connectivity index (χ3n) is 3.89. The minimum atomic E-state index is -0.411. The van der Waals surface area contributed by atoms with E-state index in [0.717, 1.165) is 5.56 Å². The van der Waals surface area contributed by atoms with Crippen molar-refractivity contribution in [3.05, 3.63) is 35.4 Å². The Morgan fingerprint density at radius 2 is 1.81 bits per heavy atom. The molecule has 2 rings (SSSR count). The minimum Gasteiger partial charge on any atom is -0.392 e. The van der Waals surface area contributed by atoms with Crippen molar-refractivity contribution in [1.82, 2.24) is 10.6 Å². The molecule has 21 heavy (non-hydrogen) atoms. The first-order chi connectivity index (χ1) is 9.47. The summed E-state index contributed by atoms with van der Waals surface area (Å²) >= 11 is 0. The smallest absolute Gasteiger partial charge is 0.237 e. The zero-order valence-electron chi connectivity index (χ0n) is 12.8. The highest BCUT2D eigenvalue weighted by Gasteiger charge is 2.28. The molecule has 1 aromatic carbocycles. The molecule has 1 aliphatic rings. The summed E-state index contributed by atoms with van der Waals surface area (Å²) in [7, 11) is 0.